The average Bonchev–Trinajstić information content (AvgIpc) is 3.39. The Morgan fingerprint density at radius 3 is 2.46 bits per heavy atom. The number of aromatic carboxylic acids is 1. The zero-order chi connectivity index (χ0) is 26.3. The van der Waals surface area contributed by atoms with Gasteiger partial charge in [0.15, 0.2) is 0 Å². The number of aromatic amines is 2. The number of amides is 2. The lowest BCUT2D eigenvalue weighted by molar-refractivity contribution is -0.110. The highest BCUT2D eigenvalue weighted by Crippen LogP contribution is 2.35. The number of carbonyl (C=O) groups is 3. The van der Waals surface area contributed by atoms with Gasteiger partial charge in [-0.15, -0.1) is 0 Å². The van der Waals surface area contributed by atoms with Gasteiger partial charge in [0, 0.05) is 34.9 Å². The summed E-state index contributed by atoms with van der Waals surface area (Å²) in [5, 5.41) is 14.6. The van der Waals surface area contributed by atoms with Crippen LogP contribution in [0.2, 0.25) is 0 Å². The van der Waals surface area contributed by atoms with Gasteiger partial charge in [0.2, 0.25) is 5.43 Å². The molecule has 9 nitrogen and oxygen atoms in total. The Bertz CT molecular complexity index is 1680. The van der Waals surface area contributed by atoms with Crippen molar-refractivity contribution in [3.8, 4) is 11.1 Å². The summed E-state index contributed by atoms with van der Waals surface area (Å²) < 4.78 is 13.2. The number of carboxylic acid groups (broad SMARTS) is 1. The van der Waals surface area contributed by atoms with Crippen molar-refractivity contribution in [2.75, 3.05) is 10.6 Å². The third-order valence-corrected chi connectivity index (χ3v) is 5.98. The first-order chi connectivity index (χ1) is 17.7. The molecule has 10 heteroatoms. The summed E-state index contributed by atoms with van der Waals surface area (Å²) in [6, 6.07) is 11.6. The van der Waals surface area contributed by atoms with Gasteiger partial charge in [-0.25, -0.2) is 9.18 Å². The van der Waals surface area contributed by atoms with Gasteiger partial charge in [0.1, 0.15) is 17.1 Å². The summed E-state index contributed by atoms with van der Waals surface area (Å²) in [5.41, 5.74) is 2.90. The van der Waals surface area contributed by atoms with E-state index in [1.807, 2.05) is 0 Å². The summed E-state index contributed by atoms with van der Waals surface area (Å²) >= 11 is 0. The maximum absolute atomic E-state index is 13.2. The molecule has 5 N–H and O–H groups in total. The van der Waals surface area contributed by atoms with E-state index in [1.54, 1.807) is 31.2 Å². The van der Waals surface area contributed by atoms with Crippen LogP contribution in [-0.2, 0) is 4.79 Å². The molecule has 1 aliphatic heterocycles. The SMILES string of the molecule is Cc1cc(C(=O)O)[nH]c1/C=C1\C(=O)Nc2cc(NC(=O)c3c[nH]cc(-c4ccc(F)cc4)c3=O)ccc21. The number of pyridine rings is 1. The lowest BCUT2D eigenvalue weighted by Gasteiger charge is -2.08. The van der Waals surface area contributed by atoms with Crippen LogP contribution in [0.25, 0.3) is 22.8 Å². The van der Waals surface area contributed by atoms with Crippen molar-refractivity contribution in [1.82, 2.24) is 9.97 Å². The monoisotopic (exact) mass is 498 g/mol. The van der Waals surface area contributed by atoms with Crippen LogP contribution in [0.4, 0.5) is 15.8 Å². The van der Waals surface area contributed by atoms with Crippen molar-refractivity contribution >= 4 is 40.8 Å². The van der Waals surface area contributed by atoms with E-state index in [0.717, 1.165) is 0 Å². The van der Waals surface area contributed by atoms with E-state index in [9.17, 15) is 28.7 Å². The quantitative estimate of drug-likeness (QED) is 0.261. The molecule has 2 aromatic carbocycles. The highest BCUT2D eigenvalue weighted by molar-refractivity contribution is 6.35. The molecule has 4 aromatic rings. The molecule has 5 rings (SSSR count). The minimum absolute atomic E-state index is 0.0134. The van der Waals surface area contributed by atoms with Gasteiger partial charge in [-0.2, -0.15) is 0 Å². The van der Waals surface area contributed by atoms with Gasteiger partial charge < -0.3 is 25.7 Å². The second-order valence-electron chi connectivity index (χ2n) is 8.43. The number of aromatic nitrogens is 2. The van der Waals surface area contributed by atoms with Crippen LogP contribution in [0.5, 0.6) is 0 Å². The Hall–Kier alpha value is -5.25. The maximum Gasteiger partial charge on any atom is 0.352 e. The summed E-state index contributed by atoms with van der Waals surface area (Å²) in [5.74, 6) is -2.59. The van der Waals surface area contributed by atoms with Crippen LogP contribution in [0.3, 0.4) is 0 Å². The van der Waals surface area contributed by atoms with Gasteiger partial charge >= 0.3 is 5.97 Å². The second kappa shape index (κ2) is 9.08. The Morgan fingerprint density at radius 2 is 1.76 bits per heavy atom. The zero-order valence-electron chi connectivity index (χ0n) is 19.3. The molecule has 0 atom stereocenters. The van der Waals surface area contributed by atoms with Crippen LogP contribution < -0.4 is 16.1 Å². The molecule has 0 bridgehead atoms. The highest BCUT2D eigenvalue weighted by Gasteiger charge is 2.25. The number of hydrogen-bond donors (Lipinski definition) is 5. The van der Waals surface area contributed by atoms with Crippen molar-refractivity contribution in [2.45, 2.75) is 6.92 Å². The first-order valence-corrected chi connectivity index (χ1v) is 11.1. The number of hydrogen-bond acceptors (Lipinski definition) is 4. The smallest absolute Gasteiger partial charge is 0.352 e. The van der Waals surface area contributed by atoms with Gasteiger partial charge in [-0.1, -0.05) is 18.2 Å². The van der Waals surface area contributed by atoms with Crippen molar-refractivity contribution in [3.05, 3.63) is 105 Å². The van der Waals surface area contributed by atoms with Gasteiger partial charge in [-0.3, -0.25) is 14.4 Å². The Balaban J connectivity index is 1.41. The van der Waals surface area contributed by atoms with E-state index in [1.165, 1.54) is 42.7 Å². The number of H-pyrrole nitrogens is 2. The molecule has 2 aromatic heterocycles. The minimum atomic E-state index is -1.11. The third-order valence-electron chi connectivity index (χ3n) is 5.98. The molecule has 37 heavy (non-hydrogen) atoms. The first kappa shape index (κ1) is 23.5. The fraction of sp³-hybridized carbons (Fsp3) is 0.0370. The fourth-order valence-corrected chi connectivity index (χ4v) is 4.09. The standard InChI is InChI=1S/C27H19FN4O5/c1-13-8-23(27(36)37)31-21(13)10-18-17-7-6-16(9-22(17)32-25(18)34)30-26(35)20-12-29-11-19(24(20)33)14-2-4-15(28)5-3-14/h2-12,31H,1H3,(H,29,33)(H,30,35)(H,32,34)(H,36,37)/b18-10-. The number of rotatable bonds is 5. The molecule has 0 fully saturated rings. The molecule has 2 amide bonds. The van der Waals surface area contributed by atoms with Crippen LogP contribution >= 0.6 is 0 Å². The Kier molecular flexibility index (Phi) is 5.76. The van der Waals surface area contributed by atoms with E-state index in [-0.39, 0.29) is 22.7 Å². The maximum atomic E-state index is 13.2. The fourth-order valence-electron chi connectivity index (χ4n) is 4.09. The van der Waals surface area contributed by atoms with Crippen molar-refractivity contribution < 1.29 is 23.9 Å². The van der Waals surface area contributed by atoms with Crippen molar-refractivity contribution in [1.29, 1.82) is 0 Å². The number of nitrogens with one attached hydrogen (secondary N) is 4. The van der Waals surface area contributed by atoms with Crippen LogP contribution in [0.15, 0.2) is 65.7 Å². The van der Waals surface area contributed by atoms with E-state index >= 15 is 0 Å². The molecular formula is C27H19FN4O5. The minimum Gasteiger partial charge on any atom is -0.477 e. The van der Waals surface area contributed by atoms with Gasteiger partial charge in [0.05, 0.1) is 11.3 Å². The number of halogens is 1. The zero-order valence-corrected chi connectivity index (χ0v) is 19.3. The van der Waals surface area contributed by atoms with Crippen LogP contribution in [0, 0.1) is 12.7 Å². The van der Waals surface area contributed by atoms with E-state index in [4.69, 9.17) is 0 Å². The Labute approximate surface area is 208 Å². The largest absolute Gasteiger partial charge is 0.477 e. The number of carboxylic acids is 1. The summed E-state index contributed by atoms with van der Waals surface area (Å²) in [6.45, 7) is 1.73. The predicted octanol–water partition coefficient (Wildman–Crippen LogP) is 4.26. The lowest BCUT2D eigenvalue weighted by Crippen LogP contribution is -2.22. The summed E-state index contributed by atoms with van der Waals surface area (Å²) in [4.78, 5) is 55.2. The molecular weight excluding hydrogens is 479 g/mol. The molecule has 0 radical (unpaired) electrons. The molecule has 3 heterocycles. The molecule has 0 aliphatic carbocycles. The second-order valence-corrected chi connectivity index (χ2v) is 8.43. The molecule has 1 aliphatic rings. The summed E-state index contributed by atoms with van der Waals surface area (Å²) in [7, 11) is 0. The number of fused-ring (bicyclic) bond motifs is 1. The first-order valence-electron chi connectivity index (χ1n) is 11.1. The molecule has 184 valence electrons. The lowest BCUT2D eigenvalue weighted by atomic mass is 10.0. The van der Waals surface area contributed by atoms with E-state index in [0.29, 0.717) is 39.3 Å². The van der Waals surface area contributed by atoms with E-state index < -0.39 is 23.1 Å². The van der Waals surface area contributed by atoms with Crippen LogP contribution in [-0.4, -0.2) is 32.9 Å². The third kappa shape index (κ3) is 4.43. The van der Waals surface area contributed by atoms with Gasteiger partial charge in [0.25, 0.3) is 11.8 Å². The topological polar surface area (TPSA) is 144 Å². The Morgan fingerprint density at radius 1 is 1.00 bits per heavy atom. The van der Waals surface area contributed by atoms with Crippen LogP contribution in [0.1, 0.15) is 37.7 Å². The summed E-state index contributed by atoms with van der Waals surface area (Å²) in [6.07, 6.45) is 4.29. The van der Waals surface area contributed by atoms with Gasteiger partial charge in [-0.05, 0) is 54.5 Å². The normalized spacial score (nSPS) is 13.4. The average molecular weight is 498 g/mol. The number of aryl methyl sites for hydroxylation is 1. The molecule has 0 unspecified atom stereocenters. The van der Waals surface area contributed by atoms with Crippen molar-refractivity contribution in [2.24, 2.45) is 0 Å². The molecule has 0 spiro atoms. The highest BCUT2D eigenvalue weighted by atomic mass is 19.1. The predicted molar refractivity (Wildman–Crippen MR) is 136 cm³/mol. The van der Waals surface area contributed by atoms with E-state index in [2.05, 4.69) is 20.6 Å². The molecule has 0 saturated carbocycles. The van der Waals surface area contributed by atoms with Crippen molar-refractivity contribution in [3.63, 3.8) is 0 Å². The number of benzene rings is 2. The number of anilines is 2. The molecule has 0 saturated heterocycles. The number of carbonyl (C=O) groups excluding carboxylic acids is 2.